The second-order valence-corrected chi connectivity index (χ2v) is 4.60. The first kappa shape index (κ1) is 9.97. The molecule has 0 bridgehead atoms. The molecule has 1 aliphatic heterocycles. The molecule has 1 aliphatic rings. The normalized spacial score (nSPS) is 16.4. The van der Waals surface area contributed by atoms with E-state index in [1.807, 2.05) is 6.07 Å². The summed E-state index contributed by atoms with van der Waals surface area (Å²) in [6, 6.07) is 3.48. The van der Waals surface area contributed by atoms with Gasteiger partial charge in [-0.2, -0.15) is 0 Å². The molecule has 2 rings (SSSR count). The van der Waals surface area contributed by atoms with Crippen LogP contribution in [0.1, 0.15) is 18.4 Å². The van der Waals surface area contributed by atoms with Crippen LogP contribution >= 0.6 is 15.9 Å². The van der Waals surface area contributed by atoms with Gasteiger partial charge >= 0.3 is 0 Å². The Morgan fingerprint density at radius 3 is 2.57 bits per heavy atom. The van der Waals surface area contributed by atoms with Gasteiger partial charge in [0.05, 0.1) is 5.69 Å². The lowest BCUT2D eigenvalue weighted by Crippen LogP contribution is -2.18. The van der Waals surface area contributed by atoms with Gasteiger partial charge in [-0.05, 0) is 53.4 Å². The highest BCUT2D eigenvalue weighted by molar-refractivity contribution is 9.10. The molecule has 0 aromatic heterocycles. The van der Waals surface area contributed by atoms with E-state index in [1.165, 1.54) is 12.8 Å². The Hall–Kier alpha value is -0.570. The number of hydrogen-bond acceptors (Lipinski definition) is 1. The Kier molecular flexibility index (Phi) is 2.77. The minimum Gasteiger partial charge on any atom is -0.371 e. The van der Waals surface area contributed by atoms with Crippen LogP contribution in [0.15, 0.2) is 16.6 Å². The summed E-state index contributed by atoms with van der Waals surface area (Å²) in [5.41, 5.74) is 1.69. The van der Waals surface area contributed by atoms with Gasteiger partial charge in [0.25, 0.3) is 0 Å². The lowest BCUT2D eigenvalue weighted by molar-refractivity contribution is 0.617. The van der Waals surface area contributed by atoms with Crippen LogP contribution in [0.2, 0.25) is 0 Å². The average molecular weight is 258 g/mol. The molecular weight excluding hydrogens is 245 g/mol. The Morgan fingerprint density at radius 2 is 1.93 bits per heavy atom. The summed E-state index contributed by atoms with van der Waals surface area (Å²) < 4.78 is 14.4. The summed E-state index contributed by atoms with van der Waals surface area (Å²) in [5.74, 6) is -0.116. The summed E-state index contributed by atoms with van der Waals surface area (Å²) in [7, 11) is 0. The van der Waals surface area contributed by atoms with Gasteiger partial charge in [0.2, 0.25) is 0 Å². The van der Waals surface area contributed by atoms with Crippen LogP contribution in [0.3, 0.4) is 0 Å². The third-order valence-corrected chi connectivity index (χ3v) is 3.31. The van der Waals surface area contributed by atoms with Crippen molar-refractivity contribution in [2.45, 2.75) is 19.8 Å². The van der Waals surface area contributed by atoms with Crippen molar-refractivity contribution in [1.29, 1.82) is 0 Å². The quantitative estimate of drug-likeness (QED) is 0.745. The molecule has 76 valence electrons. The number of nitrogens with zero attached hydrogens (tertiary/aromatic N) is 1. The molecule has 0 saturated carbocycles. The maximum Gasteiger partial charge on any atom is 0.128 e. The second-order valence-electron chi connectivity index (χ2n) is 3.75. The van der Waals surface area contributed by atoms with Crippen LogP contribution in [0.5, 0.6) is 0 Å². The van der Waals surface area contributed by atoms with E-state index >= 15 is 0 Å². The molecule has 1 nitrogen and oxygen atoms in total. The van der Waals surface area contributed by atoms with E-state index < -0.39 is 0 Å². The molecule has 1 heterocycles. The highest BCUT2D eigenvalue weighted by atomic mass is 79.9. The molecule has 0 amide bonds. The highest BCUT2D eigenvalue weighted by Crippen LogP contribution is 2.31. The van der Waals surface area contributed by atoms with E-state index in [0.717, 1.165) is 23.2 Å². The highest BCUT2D eigenvalue weighted by Gasteiger charge is 2.16. The predicted molar refractivity (Wildman–Crippen MR) is 60.3 cm³/mol. The monoisotopic (exact) mass is 257 g/mol. The van der Waals surface area contributed by atoms with Crippen molar-refractivity contribution in [2.24, 2.45) is 0 Å². The van der Waals surface area contributed by atoms with Gasteiger partial charge in [-0.25, -0.2) is 4.39 Å². The van der Waals surface area contributed by atoms with Crippen LogP contribution in [0.25, 0.3) is 0 Å². The molecule has 1 fully saturated rings. The first-order valence-corrected chi connectivity index (χ1v) is 5.68. The van der Waals surface area contributed by atoms with Crippen LogP contribution in [-0.2, 0) is 0 Å². The zero-order valence-electron chi connectivity index (χ0n) is 8.19. The molecule has 1 saturated heterocycles. The van der Waals surface area contributed by atoms with E-state index in [0.29, 0.717) is 5.56 Å². The maximum atomic E-state index is 13.4. The molecule has 0 spiro atoms. The second kappa shape index (κ2) is 3.89. The summed E-state index contributed by atoms with van der Waals surface area (Å²) in [5, 5.41) is 0. The molecule has 0 aliphatic carbocycles. The summed E-state index contributed by atoms with van der Waals surface area (Å²) in [6.07, 6.45) is 2.42. The third-order valence-electron chi connectivity index (χ3n) is 2.67. The SMILES string of the molecule is Cc1cc(Br)c(N2CCCC2)cc1F. The Labute approximate surface area is 92.0 Å². The third kappa shape index (κ3) is 1.78. The van der Waals surface area contributed by atoms with Crippen molar-refractivity contribution < 1.29 is 4.39 Å². The van der Waals surface area contributed by atoms with E-state index in [1.54, 1.807) is 13.0 Å². The molecule has 1 aromatic rings. The standard InChI is InChI=1S/C11H13BrFN/c1-8-6-9(12)11(7-10(8)13)14-4-2-3-5-14/h6-7H,2-5H2,1H3. The van der Waals surface area contributed by atoms with Gasteiger partial charge in [-0.3, -0.25) is 0 Å². The van der Waals surface area contributed by atoms with Crippen LogP contribution in [0.4, 0.5) is 10.1 Å². The number of benzene rings is 1. The Morgan fingerprint density at radius 1 is 1.29 bits per heavy atom. The topological polar surface area (TPSA) is 3.24 Å². The van der Waals surface area contributed by atoms with E-state index in [9.17, 15) is 4.39 Å². The molecule has 0 radical (unpaired) electrons. The molecule has 0 N–H and O–H groups in total. The van der Waals surface area contributed by atoms with Gasteiger partial charge in [-0.1, -0.05) is 0 Å². The predicted octanol–water partition coefficient (Wildman–Crippen LogP) is 3.50. The number of aryl methyl sites for hydroxylation is 1. The average Bonchev–Trinajstić information content (AvgIpc) is 2.64. The van der Waals surface area contributed by atoms with Crippen molar-refractivity contribution in [3.05, 3.63) is 28.0 Å². The number of rotatable bonds is 1. The fourth-order valence-corrected chi connectivity index (χ4v) is 2.54. The Balaban J connectivity index is 2.37. The van der Waals surface area contributed by atoms with Gasteiger partial charge in [-0.15, -0.1) is 0 Å². The van der Waals surface area contributed by atoms with Gasteiger partial charge in [0.15, 0.2) is 0 Å². The molecule has 1 aromatic carbocycles. The summed E-state index contributed by atoms with van der Waals surface area (Å²) >= 11 is 3.48. The van der Waals surface area contributed by atoms with Crippen molar-refractivity contribution in [3.8, 4) is 0 Å². The molecule has 0 unspecified atom stereocenters. The number of anilines is 1. The van der Waals surface area contributed by atoms with E-state index in [4.69, 9.17) is 0 Å². The Bertz CT molecular complexity index is 345. The van der Waals surface area contributed by atoms with Gasteiger partial charge in [0.1, 0.15) is 5.82 Å². The molecular formula is C11H13BrFN. The molecule has 0 atom stereocenters. The van der Waals surface area contributed by atoms with E-state index in [-0.39, 0.29) is 5.82 Å². The van der Waals surface area contributed by atoms with Crippen LogP contribution in [0, 0.1) is 12.7 Å². The van der Waals surface area contributed by atoms with Crippen molar-refractivity contribution in [3.63, 3.8) is 0 Å². The largest absolute Gasteiger partial charge is 0.371 e. The lowest BCUT2D eigenvalue weighted by Gasteiger charge is -2.19. The first-order valence-electron chi connectivity index (χ1n) is 4.89. The fourth-order valence-electron chi connectivity index (χ4n) is 1.84. The van der Waals surface area contributed by atoms with Crippen molar-refractivity contribution in [1.82, 2.24) is 0 Å². The number of hydrogen-bond donors (Lipinski definition) is 0. The van der Waals surface area contributed by atoms with Gasteiger partial charge in [0, 0.05) is 17.6 Å². The summed E-state index contributed by atoms with van der Waals surface area (Å²) in [4.78, 5) is 2.23. The zero-order chi connectivity index (χ0) is 10.1. The minimum atomic E-state index is -0.116. The lowest BCUT2D eigenvalue weighted by atomic mass is 10.2. The van der Waals surface area contributed by atoms with E-state index in [2.05, 4.69) is 20.8 Å². The maximum absolute atomic E-state index is 13.4. The smallest absolute Gasteiger partial charge is 0.128 e. The van der Waals surface area contributed by atoms with Crippen LogP contribution in [-0.4, -0.2) is 13.1 Å². The van der Waals surface area contributed by atoms with Crippen molar-refractivity contribution >= 4 is 21.6 Å². The number of halogens is 2. The summed E-state index contributed by atoms with van der Waals surface area (Å²) in [6.45, 7) is 3.87. The van der Waals surface area contributed by atoms with Crippen LogP contribution < -0.4 is 4.90 Å². The molecule has 14 heavy (non-hydrogen) atoms. The molecule has 3 heteroatoms. The first-order chi connectivity index (χ1) is 6.68. The zero-order valence-corrected chi connectivity index (χ0v) is 9.77. The fraction of sp³-hybridized carbons (Fsp3) is 0.455. The van der Waals surface area contributed by atoms with Crippen molar-refractivity contribution in [2.75, 3.05) is 18.0 Å². The minimum absolute atomic E-state index is 0.116. The van der Waals surface area contributed by atoms with Gasteiger partial charge < -0.3 is 4.90 Å².